The number of hydrogen-bond acceptors (Lipinski definition) is 2. The Morgan fingerprint density at radius 2 is 1.00 bits per heavy atom. The second kappa shape index (κ2) is 8.78. The van der Waals surface area contributed by atoms with Crippen molar-refractivity contribution < 1.29 is 26.3 Å². The van der Waals surface area contributed by atoms with Crippen molar-refractivity contribution in [2.75, 3.05) is 0 Å². The molecule has 0 unspecified atom stereocenters. The average molecular weight is 494 g/mol. The molecule has 8 heteroatoms. The molecule has 0 amide bonds. The summed E-state index contributed by atoms with van der Waals surface area (Å²) >= 11 is 0. The zero-order valence-corrected chi connectivity index (χ0v) is 18.4. The van der Waals surface area contributed by atoms with Crippen LogP contribution in [0.3, 0.4) is 0 Å². The predicted molar refractivity (Wildman–Crippen MR) is 126 cm³/mol. The highest BCUT2D eigenvalue weighted by Gasteiger charge is 2.37. The standard InChI is InChI=1S/C28H16F6N2/c29-27(30,31)24-12-22(13-25(15-24)28(32,33)34)20-5-6-21-11-23(16-36-26(21)14-20)18-3-1-17(2-4-18)19-7-9-35-10-8-19/h1-16H. The largest absolute Gasteiger partial charge is 0.416 e. The molecule has 36 heavy (non-hydrogen) atoms. The van der Waals surface area contributed by atoms with Gasteiger partial charge in [-0.3, -0.25) is 9.97 Å². The first-order valence-corrected chi connectivity index (χ1v) is 10.8. The number of benzene rings is 3. The highest BCUT2D eigenvalue weighted by Crippen LogP contribution is 2.39. The second-order valence-electron chi connectivity index (χ2n) is 8.24. The molecule has 5 aromatic rings. The van der Waals surface area contributed by atoms with Gasteiger partial charge in [-0.05, 0) is 70.3 Å². The molecule has 0 N–H and O–H groups in total. The summed E-state index contributed by atoms with van der Waals surface area (Å²) in [6.45, 7) is 0. The van der Waals surface area contributed by atoms with Crippen LogP contribution in [0.1, 0.15) is 11.1 Å². The third-order valence-electron chi connectivity index (χ3n) is 5.84. The lowest BCUT2D eigenvalue weighted by Crippen LogP contribution is -2.11. The van der Waals surface area contributed by atoms with E-state index in [4.69, 9.17) is 0 Å². The Balaban J connectivity index is 1.50. The van der Waals surface area contributed by atoms with E-state index in [9.17, 15) is 26.3 Å². The summed E-state index contributed by atoms with van der Waals surface area (Å²) in [5.41, 5.74) is 1.57. The molecule has 0 radical (unpaired) electrons. The fraction of sp³-hybridized carbons (Fsp3) is 0.0714. The van der Waals surface area contributed by atoms with E-state index < -0.39 is 23.5 Å². The summed E-state index contributed by atoms with van der Waals surface area (Å²) in [5, 5.41) is 0.706. The van der Waals surface area contributed by atoms with Crippen molar-refractivity contribution in [3.05, 3.63) is 109 Å². The highest BCUT2D eigenvalue weighted by molar-refractivity contribution is 5.88. The number of halogens is 6. The number of aromatic nitrogens is 2. The van der Waals surface area contributed by atoms with E-state index >= 15 is 0 Å². The van der Waals surface area contributed by atoms with Crippen LogP contribution in [0.4, 0.5) is 26.3 Å². The Labute approximate surface area is 201 Å². The van der Waals surface area contributed by atoms with Gasteiger partial charge < -0.3 is 0 Å². The minimum atomic E-state index is -4.91. The fourth-order valence-electron chi connectivity index (χ4n) is 3.98. The number of alkyl halides is 6. The van der Waals surface area contributed by atoms with Gasteiger partial charge in [-0.15, -0.1) is 0 Å². The number of nitrogens with zero attached hydrogens (tertiary/aromatic N) is 2. The Bertz CT molecular complexity index is 1510. The van der Waals surface area contributed by atoms with Crippen molar-refractivity contribution in [3.8, 4) is 33.4 Å². The minimum absolute atomic E-state index is 0.120. The maximum atomic E-state index is 13.2. The lowest BCUT2D eigenvalue weighted by molar-refractivity contribution is -0.143. The van der Waals surface area contributed by atoms with Gasteiger partial charge in [-0.25, -0.2) is 0 Å². The molecule has 5 rings (SSSR count). The first-order valence-electron chi connectivity index (χ1n) is 10.8. The normalized spacial score (nSPS) is 12.2. The first kappa shape index (κ1) is 23.5. The molecule has 180 valence electrons. The van der Waals surface area contributed by atoms with Gasteiger partial charge in [0.15, 0.2) is 0 Å². The van der Waals surface area contributed by atoms with E-state index in [0.29, 0.717) is 10.9 Å². The monoisotopic (exact) mass is 494 g/mol. The van der Waals surface area contributed by atoms with Crippen LogP contribution in [0.15, 0.2) is 97.5 Å². The van der Waals surface area contributed by atoms with Crippen LogP contribution in [0.25, 0.3) is 44.3 Å². The fourth-order valence-corrected chi connectivity index (χ4v) is 3.98. The van der Waals surface area contributed by atoms with Crippen LogP contribution in [0.5, 0.6) is 0 Å². The first-order chi connectivity index (χ1) is 17.1. The van der Waals surface area contributed by atoms with Crippen molar-refractivity contribution in [2.24, 2.45) is 0 Å². The van der Waals surface area contributed by atoms with Gasteiger partial charge in [0.05, 0.1) is 16.6 Å². The zero-order chi connectivity index (χ0) is 25.5. The lowest BCUT2D eigenvalue weighted by Gasteiger charge is -2.14. The lowest BCUT2D eigenvalue weighted by atomic mass is 9.97. The molecule has 0 atom stereocenters. The van der Waals surface area contributed by atoms with Gasteiger partial charge in [-0.2, -0.15) is 26.3 Å². The van der Waals surface area contributed by atoms with Crippen LogP contribution in [0.2, 0.25) is 0 Å². The highest BCUT2D eigenvalue weighted by atomic mass is 19.4. The summed E-state index contributed by atoms with van der Waals surface area (Å²) in [6, 6.07) is 19.7. The van der Waals surface area contributed by atoms with E-state index in [-0.39, 0.29) is 17.2 Å². The number of hydrogen-bond donors (Lipinski definition) is 0. The topological polar surface area (TPSA) is 25.8 Å². The maximum Gasteiger partial charge on any atom is 0.416 e. The summed E-state index contributed by atoms with van der Waals surface area (Å²) in [4.78, 5) is 8.43. The third kappa shape index (κ3) is 4.79. The molecule has 0 aliphatic heterocycles. The van der Waals surface area contributed by atoms with E-state index in [1.807, 2.05) is 42.5 Å². The minimum Gasteiger partial charge on any atom is -0.265 e. The van der Waals surface area contributed by atoms with Crippen LogP contribution < -0.4 is 0 Å². The Morgan fingerprint density at radius 1 is 0.472 bits per heavy atom. The van der Waals surface area contributed by atoms with Gasteiger partial charge in [0.2, 0.25) is 0 Å². The molecular formula is C28H16F6N2. The van der Waals surface area contributed by atoms with Crippen molar-refractivity contribution in [3.63, 3.8) is 0 Å². The molecule has 3 aromatic carbocycles. The molecule has 0 aliphatic carbocycles. The van der Waals surface area contributed by atoms with Gasteiger partial charge >= 0.3 is 12.4 Å². The molecule has 0 bridgehead atoms. The summed E-state index contributed by atoms with van der Waals surface area (Å²) in [7, 11) is 0. The van der Waals surface area contributed by atoms with Gasteiger partial charge in [0.1, 0.15) is 0 Å². The van der Waals surface area contributed by atoms with Gasteiger partial charge in [0.25, 0.3) is 0 Å². The molecule has 0 aliphatic rings. The zero-order valence-electron chi connectivity index (χ0n) is 18.4. The number of rotatable bonds is 3. The van der Waals surface area contributed by atoms with E-state index in [1.54, 1.807) is 24.7 Å². The number of pyridine rings is 2. The molecule has 0 saturated carbocycles. The van der Waals surface area contributed by atoms with Crippen LogP contribution in [0, 0.1) is 0 Å². The van der Waals surface area contributed by atoms with E-state index in [0.717, 1.165) is 34.4 Å². The molecule has 2 heterocycles. The van der Waals surface area contributed by atoms with E-state index in [1.165, 1.54) is 12.1 Å². The predicted octanol–water partition coefficient (Wildman–Crippen LogP) is 8.67. The van der Waals surface area contributed by atoms with Gasteiger partial charge in [0, 0.05) is 29.5 Å². The number of fused-ring (bicyclic) bond motifs is 1. The molecule has 2 aromatic heterocycles. The van der Waals surface area contributed by atoms with Crippen molar-refractivity contribution in [1.82, 2.24) is 9.97 Å². The van der Waals surface area contributed by atoms with Crippen molar-refractivity contribution >= 4 is 10.9 Å². The SMILES string of the molecule is FC(F)(F)c1cc(-c2ccc3cc(-c4ccc(-c5ccncc5)cc4)cnc3c2)cc(C(F)(F)F)c1. The Kier molecular flexibility index (Phi) is 5.74. The van der Waals surface area contributed by atoms with Gasteiger partial charge in [-0.1, -0.05) is 36.4 Å². The smallest absolute Gasteiger partial charge is 0.265 e. The van der Waals surface area contributed by atoms with Crippen molar-refractivity contribution in [2.45, 2.75) is 12.4 Å². The molecule has 0 saturated heterocycles. The Hall–Kier alpha value is -4.20. The van der Waals surface area contributed by atoms with E-state index in [2.05, 4.69) is 9.97 Å². The molecule has 0 fully saturated rings. The van der Waals surface area contributed by atoms with Crippen molar-refractivity contribution in [1.29, 1.82) is 0 Å². The summed E-state index contributed by atoms with van der Waals surface area (Å²) in [6.07, 6.45) is -4.76. The average Bonchev–Trinajstić information content (AvgIpc) is 2.87. The van der Waals surface area contributed by atoms with Crippen LogP contribution in [-0.2, 0) is 12.4 Å². The quantitative estimate of drug-likeness (QED) is 0.235. The molecular weight excluding hydrogens is 478 g/mol. The van der Waals surface area contributed by atoms with Crippen LogP contribution >= 0.6 is 0 Å². The second-order valence-corrected chi connectivity index (χ2v) is 8.24. The third-order valence-corrected chi connectivity index (χ3v) is 5.84. The van der Waals surface area contributed by atoms with Crippen LogP contribution in [-0.4, -0.2) is 9.97 Å². The maximum absolute atomic E-state index is 13.2. The Morgan fingerprint density at radius 3 is 1.58 bits per heavy atom. The summed E-state index contributed by atoms with van der Waals surface area (Å²) in [5.74, 6) is 0. The molecule has 2 nitrogen and oxygen atoms in total. The summed E-state index contributed by atoms with van der Waals surface area (Å²) < 4.78 is 79.5. The molecule has 0 spiro atoms.